The number of rotatable bonds is 3. The third kappa shape index (κ3) is 3.99. The molecular formula is C20H23N3O3S. The van der Waals surface area contributed by atoms with E-state index in [4.69, 9.17) is 4.74 Å². The number of amides is 3. The second-order valence-corrected chi connectivity index (χ2v) is 7.87. The van der Waals surface area contributed by atoms with Gasteiger partial charge in [-0.05, 0) is 23.4 Å². The van der Waals surface area contributed by atoms with Crippen LogP contribution in [-0.4, -0.2) is 60.1 Å². The van der Waals surface area contributed by atoms with Crippen molar-refractivity contribution >= 4 is 23.3 Å². The maximum absolute atomic E-state index is 12.6. The first-order chi connectivity index (χ1) is 13.2. The summed E-state index contributed by atoms with van der Waals surface area (Å²) in [4.78, 5) is 28.8. The van der Waals surface area contributed by atoms with Crippen LogP contribution in [0, 0.1) is 0 Å². The molecule has 0 saturated carbocycles. The lowest BCUT2D eigenvalue weighted by atomic mass is 10.0. The molecule has 2 aliphatic rings. The van der Waals surface area contributed by atoms with Crippen molar-refractivity contribution in [3.8, 4) is 0 Å². The average Bonchev–Trinajstić information content (AvgIpc) is 3.37. The van der Waals surface area contributed by atoms with Crippen LogP contribution in [0.3, 0.4) is 0 Å². The van der Waals surface area contributed by atoms with E-state index in [0.717, 1.165) is 17.5 Å². The molecule has 0 aliphatic carbocycles. The minimum absolute atomic E-state index is 0.0439. The van der Waals surface area contributed by atoms with Gasteiger partial charge in [0.15, 0.2) is 0 Å². The van der Waals surface area contributed by atoms with Crippen LogP contribution in [0.5, 0.6) is 0 Å². The van der Waals surface area contributed by atoms with E-state index in [-0.39, 0.29) is 11.9 Å². The topological polar surface area (TPSA) is 61.9 Å². The van der Waals surface area contributed by atoms with Gasteiger partial charge in [-0.25, -0.2) is 4.79 Å². The Labute approximate surface area is 162 Å². The van der Waals surface area contributed by atoms with E-state index in [0.29, 0.717) is 39.3 Å². The van der Waals surface area contributed by atoms with E-state index in [2.05, 4.69) is 5.32 Å². The Kier molecular flexibility index (Phi) is 5.13. The Morgan fingerprint density at radius 1 is 1.11 bits per heavy atom. The molecule has 0 radical (unpaired) electrons. The van der Waals surface area contributed by atoms with Gasteiger partial charge < -0.3 is 19.9 Å². The number of nitrogens with one attached hydrogen (secondary N) is 1. The van der Waals surface area contributed by atoms with Crippen molar-refractivity contribution in [1.82, 2.24) is 15.1 Å². The minimum atomic E-state index is -0.450. The first-order valence-corrected chi connectivity index (χ1v) is 10.1. The third-order valence-electron chi connectivity index (χ3n) is 5.19. The predicted octanol–water partition coefficient (Wildman–Crippen LogP) is 2.57. The smallest absolute Gasteiger partial charge is 0.317 e. The Morgan fingerprint density at radius 3 is 2.70 bits per heavy atom. The van der Waals surface area contributed by atoms with Gasteiger partial charge in [0.05, 0.1) is 25.3 Å². The van der Waals surface area contributed by atoms with Crippen LogP contribution < -0.4 is 5.32 Å². The summed E-state index contributed by atoms with van der Waals surface area (Å²) in [6.07, 6.45) is 0.755. The molecule has 3 heterocycles. The number of nitrogens with zero attached hydrogens (tertiary/aromatic N) is 2. The summed E-state index contributed by atoms with van der Waals surface area (Å²) in [5, 5.41) is 6.77. The molecule has 3 amide bonds. The molecular weight excluding hydrogens is 362 g/mol. The van der Waals surface area contributed by atoms with Crippen LogP contribution in [0.4, 0.5) is 4.79 Å². The lowest BCUT2D eigenvalue weighted by Crippen LogP contribution is -2.57. The fourth-order valence-corrected chi connectivity index (χ4v) is 4.37. The molecule has 2 aromatic rings. The molecule has 2 fully saturated rings. The van der Waals surface area contributed by atoms with Gasteiger partial charge in [0.1, 0.15) is 5.60 Å². The van der Waals surface area contributed by atoms with E-state index >= 15 is 0 Å². The first-order valence-electron chi connectivity index (χ1n) is 9.17. The van der Waals surface area contributed by atoms with Crippen LogP contribution in [0.25, 0.3) is 0 Å². The fraction of sp³-hybridized carbons (Fsp3) is 0.400. The van der Waals surface area contributed by atoms with E-state index in [1.807, 2.05) is 57.0 Å². The summed E-state index contributed by atoms with van der Waals surface area (Å²) in [7, 11) is 0. The molecule has 142 valence electrons. The highest BCUT2D eigenvalue weighted by Crippen LogP contribution is 2.30. The van der Waals surface area contributed by atoms with Gasteiger partial charge >= 0.3 is 6.03 Å². The highest BCUT2D eigenvalue weighted by Gasteiger charge is 2.45. The Balaban J connectivity index is 1.35. The number of thiophene rings is 1. The largest absolute Gasteiger partial charge is 0.369 e. The molecule has 4 rings (SSSR count). The molecule has 1 aromatic carbocycles. The van der Waals surface area contributed by atoms with Gasteiger partial charge in [-0.2, -0.15) is 11.3 Å². The molecule has 7 heteroatoms. The van der Waals surface area contributed by atoms with Gasteiger partial charge in [0, 0.05) is 25.0 Å². The number of carbonyl (C=O) groups is 2. The van der Waals surface area contributed by atoms with E-state index in [1.165, 1.54) is 11.3 Å². The van der Waals surface area contributed by atoms with Crippen LogP contribution in [0.15, 0.2) is 47.2 Å². The Morgan fingerprint density at radius 2 is 1.93 bits per heavy atom. The molecule has 0 unspecified atom stereocenters. The quantitative estimate of drug-likeness (QED) is 0.883. The summed E-state index contributed by atoms with van der Waals surface area (Å²) in [6.45, 7) is 3.28. The van der Waals surface area contributed by atoms with Crippen molar-refractivity contribution in [3.63, 3.8) is 0 Å². The molecule has 1 N–H and O–H groups in total. The Bertz CT molecular complexity index is 796. The van der Waals surface area contributed by atoms with Gasteiger partial charge in [-0.15, -0.1) is 0 Å². The third-order valence-corrected chi connectivity index (χ3v) is 5.88. The number of hydrogen-bond acceptors (Lipinski definition) is 4. The van der Waals surface area contributed by atoms with Crippen LogP contribution in [0.1, 0.15) is 22.3 Å². The van der Waals surface area contributed by atoms with Crippen molar-refractivity contribution in [1.29, 1.82) is 0 Å². The van der Waals surface area contributed by atoms with Gasteiger partial charge in [0.2, 0.25) is 0 Å². The van der Waals surface area contributed by atoms with Crippen molar-refractivity contribution in [2.75, 3.05) is 32.8 Å². The summed E-state index contributed by atoms with van der Waals surface area (Å²) in [5.74, 6) is 0.0439. The van der Waals surface area contributed by atoms with Crippen molar-refractivity contribution in [2.24, 2.45) is 0 Å². The van der Waals surface area contributed by atoms with Crippen molar-refractivity contribution in [3.05, 3.63) is 58.3 Å². The summed E-state index contributed by atoms with van der Waals surface area (Å²) in [6, 6.07) is 11.6. The van der Waals surface area contributed by atoms with Gasteiger partial charge in [-0.3, -0.25) is 4.79 Å². The van der Waals surface area contributed by atoms with Crippen molar-refractivity contribution < 1.29 is 14.3 Å². The normalized spacial score (nSPS) is 22.2. The fourth-order valence-electron chi connectivity index (χ4n) is 3.74. The SMILES string of the molecule is O=C(NCc1ccccc1)N1CCO[C@]2(CCN(C(=O)c3ccsc3)C2)C1. The standard InChI is InChI=1S/C20H23N3O3S/c24-18(17-6-11-27-13-17)22-8-7-20(14-22)15-23(9-10-26-20)19(25)21-12-16-4-2-1-3-5-16/h1-6,11,13H,7-10,12,14-15H2,(H,21,25)/t20-/m0/s1. The van der Waals surface area contributed by atoms with Gasteiger partial charge in [0.25, 0.3) is 5.91 Å². The van der Waals surface area contributed by atoms with Crippen LogP contribution >= 0.6 is 11.3 Å². The number of carbonyl (C=O) groups excluding carboxylic acids is 2. The lowest BCUT2D eigenvalue weighted by Gasteiger charge is -2.40. The summed E-state index contributed by atoms with van der Waals surface area (Å²) in [5.41, 5.74) is 1.35. The number of ether oxygens (including phenoxy) is 1. The molecule has 1 aromatic heterocycles. The second kappa shape index (κ2) is 7.70. The van der Waals surface area contributed by atoms with Gasteiger partial charge in [-0.1, -0.05) is 30.3 Å². The summed E-state index contributed by atoms with van der Waals surface area (Å²) >= 11 is 1.52. The average molecular weight is 385 g/mol. The molecule has 1 atom stereocenters. The molecule has 2 aliphatic heterocycles. The second-order valence-electron chi connectivity index (χ2n) is 7.09. The molecule has 2 saturated heterocycles. The first kappa shape index (κ1) is 18.0. The van der Waals surface area contributed by atoms with Crippen LogP contribution in [0.2, 0.25) is 0 Å². The maximum Gasteiger partial charge on any atom is 0.317 e. The zero-order valence-electron chi connectivity index (χ0n) is 15.1. The molecule has 0 bridgehead atoms. The summed E-state index contributed by atoms with van der Waals surface area (Å²) < 4.78 is 6.05. The number of morpholine rings is 1. The molecule has 6 nitrogen and oxygen atoms in total. The van der Waals surface area contributed by atoms with Crippen LogP contribution in [-0.2, 0) is 11.3 Å². The number of urea groups is 1. The van der Waals surface area contributed by atoms with E-state index in [1.54, 1.807) is 0 Å². The highest BCUT2D eigenvalue weighted by molar-refractivity contribution is 7.08. The lowest BCUT2D eigenvalue weighted by molar-refractivity contribution is -0.0880. The minimum Gasteiger partial charge on any atom is -0.369 e. The molecule has 1 spiro atoms. The zero-order chi connectivity index (χ0) is 18.7. The van der Waals surface area contributed by atoms with E-state index < -0.39 is 5.60 Å². The highest BCUT2D eigenvalue weighted by atomic mass is 32.1. The maximum atomic E-state index is 12.6. The molecule has 27 heavy (non-hydrogen) atoms. The predicted molar refractivity (Wildman–Crippen MR) is 104 cm³/mol. The number of hydrogen-bond donors (Lipinski definition) is 1. The number of likely N-dealkylation sites (tertiary alicyclic amines) is 1. The monoisotopic (exact) mass is 385 g/mol. The van der Waals surface area contributed by atoms with E-state index in [9.17, 15) is 9.59 Å². The van der Waals surface area contributed by atoms with Crippen molar-refractivity contribution in [2.45, 2.75) is 18.6 Å². The number of benzene rings is 1. The zero-order valence-corrected chi connectivity index (χ0v) is 15.9. The Hall–Kier alpha value is -2.38.